The number of para-hydroxylation sites is 2. The van der Waals surface area contributed by atoms with Gasteiger partial charge in [-0.1, -0.05) is 78.9 Å². The van der Waals surface area contributed by atoms with Crippen molar-refractivity contribution >= 4 is 22.0 Å². The minimum atomic E-state index is 0.823. The predicted molar refractivity (Wildman–Crippen MR) is 180 cm³/mol. The molecule has 8 rings (SSSR count). The molecule has 0 saturated carbocycles. The van der Waals surface area contributed by atoms with Crippen molar-refractivity contribution in [1.29, 1.82) is 0 Å². The van der Waals surface area contributed by atoms with Crippen molar-refractivity contribution in [2.24, 2.45) is 0 Å². The van der Waals surface area contributed by atoms with Gasteiger partial charge < -0.3 is 4.42 Å². The molecule has 4 heteroatoms. The number of furan rings is 1. The largest absolute Gasteiger partial charge is 0.464 e. The third kappa shape index (κ3) is 4.40. The highest BCUT2D eigenvalue weighted by molar-refractivity contribution is 5.99. The maximum Gasteiger partial charge on any atom is 0.149 e. The van der Waals surface area contributed by atoms with Gasteiger partial charge in [0.25, 0.3) is 0 Å². The van der Waals surface area contributed by atoms with E-state index in [-0.39, 0.29) is 0 Å². The summed E-state index contributed by atoms with van der Waals surface area (Å²) in [5, 5.41) is 1.02. The second-order valence-electron chi connectivity index (χ2n) is 11.2. The molecule has 5 aromatic carbocycles. The van der Waals surface area contributed by atoms with Crippen LogP contribution in [0, 0.1) is 13.8 Å². The van der Waals surface area contributed by atoms with E-state index in [9.17, 15) is 0 Å². The molecule has 0 aliphatic carbocycles. The van der Waals surface area contributed by atoms with Crippen LogP contribution in [-0.2, 0) is 0 Å². The van der Waals surface area contributed by atoms with Crippen molar-refractivity contribution < 1.29 is 4.42 Å². The van der Waals surface area contributed by atoms with Crippen LogP contribution in [0.15, 0.2) is 144 Å². The van der Waals surface area contributed by atoms with Gasteiger partial charge in [-0.15, -0.1) is 0 Å². The normalized spacial score (nSPS) is 11.4. The molecule has 0 aliphatic rings. The highest BCUT2D eigenvalue weighted by Crippen LogP contribution is 2.43. The number of benzene rings is 5. The third-order valence-corrected chi connectivity index (χ3v) is 8.25. The van der Waals surface area contributed by atoms with Gasteiger partial charge in [-0.2, -0.15) is 0 Å². The Morgan fingerprint density at radius 3 is 1.95 bits per heavy atom. The molecule has 0 amide bonds. The van der Waals surface area contributed by atoms with E-state index < -0.39 is 0 Å². The van der Waals surface area contributed by atoms with Gasteiger partial charge in [0.2, 0.25) is 0 Å². The SMILES string of the molecule is Cc1cc(-c2ccccc2)c(-n2c(-c3coc4ccc(-c5ccnc(C)c5)cc34)nc3ccccc32)c(-c2ccccc2)c1. The Bertz CT molecular complexity index is 2230. The van der Waals surface area contributed by atoms with Crippen LogP contribution in [0.1, 0.15) is 11.3 Å². The number of pyridine rings is 1. The van der Waals surface area contributed by atoms with E-state index >= 15 is 0 Å². The van der Waals surface area contributed by atoms with E-state index in [4.69, 9.17) is 9.40 Å². The molecule has 3 aromatic heterocycles. The Balaban J connectivity index is 1.47. The standard InChI is InChI=1S/C40H29N3O/c1-26-21-32(28-11-5-3-6-12-28)39(33(22-26)29-13-7-4-8-14-29)43-37-16-10-9-15-36(37)42-40(43)35-25-44-38-18-17-30(24-34(35)38)31-19-20-41-27(2)23-31/h3-25H,1-2H3. The highest BCUT2D eigenvalue weighted by Gasteiger charge is 2.24. The van der Waals surface area contributed by atoms with Gasteiger partial charge >= 0.3 is 0 Å². The number of nitrogens with zero attached hydrogens (tertiary/aromatic N) is 3. The van der Waals surface area contributed by atoms with Crippen LogP contribution in [0.3, 0.4) is 0 Å². The van der Waals surface area contributed by atoms with E-state index in [0.29, 0.717) is 0 Å². The van der Waals surface area contributed by atoms with E-state index in [2.05, 4.69) is 126 Å². The number of rotatable bonds is 5. The summed E-state index contributed by atoms with van der Waals surface area (Å²) >= 11 is 0. The average Bonchev–Trinajstić information content (AvgIpc) is 3.66. The lowest BCUT2D eigenvalue weighted by Crippen LogP contribution is -2.03. The summed E-state index contributed by atoms with van der Waals surface area (Å²) in [5.74, 6) is 0.839. The van der Waals surface area contributed by atoms with Crippen LogP contribution in [0.2, 0.25) is 0 Å². The number of aryl methyl sites for hydroxylation is 2. The first-order valence-electron chi connectivity index (χ1n) is 14.8. The maximum atomic E-state index is 6.19. The summed E-state index contributed by atoms with van der Waals surface area (Å²) in [6, 6.07) is 44.7. The molecular weight excluding hydrogens is 538 g/mol. The maximum absolute atomic E-state index is 6.19. The van der Waals surface area contributed by atoms with Crippen LogP contribution in [0.4, 0.5) is 0 Å². The smallest absolute Gasteiger partial charge is 0.149 e. The topological polar surface area (TPSA) is 43.9 Å². The number of fused-ring (bicyclic) bond motifs is 2. The fraction of sp³-hybridized carbons (Fsp3) is 0.0500. The molecule has 44 heavy (non-hydrogen) atoms. The summed E-state index contributed by atoms with van der Waals surface area (Å²) < 4.78 is 8.51. The number of hydrogen-bond acceptors (Lipinski definition) is 3. The summed E-state index contributed by atoms with van der Waals surface area (Å²) in [6.45, 7) is 4.19. The second kappa shape index (κ2) is 10.5. The predicted octanol–water partition coefficient (Wildman–Crippen LogP) is 10.5. The molecule has 0 bridgehead atoms. The molecule has 0 fully saturated rings. The van der Waals surface area contributed by atoms with E-state index in [1.54, 1.807) is 0 Å². The van der Waals surface area contributed by atoms with Gasteiger partial charge in [0.15, 0.2) is 0 Å². The van der Waals surface area contributed by atoms with Gasteiger partial charge in [-0.25, -0.2) is 4.98 Å². The van der Waals surface area contributed by atoms with Gasteiger partial charge in [-0.05, 0) is 90.2 Å². The average molecular weight is 568 g/mol. The monoisotopic (exact) mass is 567 g/mol. The van der Waals surface area contributed by atoms with E-state index in [1.165, 1.54) is 5.56 Å². The van der Waals surface area contributed by atoms with Crippen molar-refractivity contribution in [3.8, 4) is 50.5 Å². The molecule has 210 valence electrons. The molecule has 3 heterocycles. The number of imidazole rings is 1. The summed E-state index contributed by atoms with van der Waals surface area (Å²) in [5.41, 5.74) is 13.8. The van der Waals surface area contributed by atoms with Gasteiger partial charge in [0, 0.05) is 28.4 Å². The summed E-state index contributed by atoms with van der Waals surface area (Å²) in [4.78, 5) is 9.68. The van der Waals surface area contributed by atoms with Crippen molar-refractivity contribution in [2.75, 3.05) is 0 Å². The fourth-order valence-corrected chi connectivity index (χ4v) is 6.24. The third-order valence-electron chi connectivity index (χ3n) is 8.25. The lowest BCUT2D eigenvalue weighted by Gasteiger charge is -2.20. The van der Waals surface area contributed by atoms with E-state index in [0.717, 1.165) is 78.2 Å². The van der Waals surface area contributed by atoms with Crippen LogP contribution in [-0.4, -0.2) is 14.5 Å². The van der Waals surface area contributed by atoms with Crippen LogP contribution in [0.5, 0.6) is 0 Å². The second-order valence-corrected chi connectivity index (χ2v) is 11.2. The zero-order chi connectivity index (χ0) is 29.6. The van der Waals surface area contributed by atoms with Crippen molar-refractivity contribution in [2.45, 2.75) is 13.8 Å². The first kappa shape index (κ1) is 25.9. The zero-order valence-corrected chi connectivity index (χ0v) is 24.5. The van der Waals surface area contributed by atoms with Crippen LogP contribution < -0.4 is 0 Å². The van der Waals surface area contributed by atoms with E-state index in [1.807, 2.05) is 37.6 Å². The molecule has 0 aliphatic heterocycles. The van der Waals surface area contributed by atoms with Gasteiger partial charge in [0.1, 0.15) is 17.7 Å². The number of aromatic nitrogens is 3. The Kier molecular flexibility index (Phi) is 6.20. The Morgan fingerprint density at radius 1 is 0.591 bits per heavy atom. The fourth-order valence-electron chi connectivity index (χ4n) is 6.24. The first-order chi connectivity index (χ1) is 21.6. The van der Waals surface area contributed by atoms with Crippen molar-refractivity contribution in [3.63, 3.8) is 0 Å². The number of hydrogen-bond donors (Lipinski definition) is 0. The minimum absolute atomic E-state index is 0.823. The van der Waals surface area contributed by atoms with Crippen LogP contribution in [0.25, 0.3) is 72.5 Å². The zero-order valence-electron chi connectivity index (χ0n) is 24.5. The Morgan fingerprint density at radius 2 is 1.25 bits per heavy atom. The first-order valence-corrected chi connectivity index (χ1v) is 14.8. The molecule has 0 spiro atoms. The highest BCUT2D eigenvalue weighted by atomic mass is 16.3. The lowest BCUT2D eigenvalue weighted by molar-refractivity contribution is 0.616. The van der Waals surface area contributed by atoms with Gasteiger partial charge in [0.05, 0.1) is 22.3 Å². The van der Waals surface area contributed by atoms with Crippen molar-refractivity contribution in [3.05, 3.63) is 151 Å². The molecule has 0 unspecified atom stereocenters. The molecule has 0 saturated heterocycles. The molecule has 0 radical (unpaired) electrons. The van der Waals surface area contributed by atoms with Gasteiger partial charge in [-0.3, -0.25) is 9.55 Å². The lowest BCUT2D eigenvalue weighted by atomic mass is 9.93. The molecule has 0 N–H and O–H groups in total. The van der Waals surface area contributed by atoms with Crippen LogP contribution >= 0.6 is 0 Å². The van der Waals surface area contributed by atoms with Crippen molar-refractivity contribution in [1.82, 2.24) is 14.5 Å². The molecular formula is C40H29N3O. The molecule has 0 atom stereocenters. The summed E-state index contributed by atoms with van der Waals surface area (Å²) in [6.07, 6.45) is 3.71. The molecule has 4 nitrogen and oxygen atoms in total. The Labute approximate surface area is 255 Å². The summed E-state index contributed by atoms with van der Waals surface area (Å²) in [7, 11) is 0. The molecule has 8 aromatic rings. The Hall–Kier alpha value is -5.74. The minimum Gasteiger partial charge on any atom is -0.464 e. The quantitative estimate of drug-likeness (QED) is 0.208.